The van der Waals surface area contributed by atoms with Crippen LogP contribution in [0.1, 0.15) is 50.1 Å². The second kappa shape index (κ2) is 11.0. The van der Waals surface area contributed by atoms with Gasteiger partial charge in [0.05, 0.1) is 6.61 Å². The van der Waals surface area contributed by atoms with Gasteiger partial charge in [0.25, 0.3) is 0 Å². The number of rotatable bonds is 4. The van der Waals surface area contributed by atoms with Gasteiger partial charge in [-0.05, 0) is 18.9 Å². The van der Waals surface area contributed by atoms with Crippen molar-refractivity contribution in [3.05, 3.63) is 78.6 Å². The molecule has 1 aliphatic carbocycles. The Morgan fingerprint density at radius 3 is 2.28 bits per heavy atom. The van der Waals surface area contributed by atoms with Crippen molar-refractivity contribution in [3.63, 3.8) is 0 Å². The van der Waals surface area contributed by atoms with Gasteiger partial charge < -0.3 is 9.30 Å². The topological polar surface area (TPSA) is 14.2 Å². The molecule has 1 saturated carbocycles. The Labute approximate surface area is 162 Å². The largest absolute Gasteiger partial charge is 2.00 e. The van der Waals surface area contributed by atoms with Crippen molar-refractivity contribution in [1.82, 2.24) is 4.57 Å². The van der Waals surface area contributed by atoms with E-state index in [9.17, 15) is 0 Å². The van der Waals surface area contributed by atoms with Crippen LogP contribution in [0.3, 0.4) is 0 Å². The normalized spacial score (nSPS) is 14.7. The summed E-state index contributed by atoms with van der Waals surface area (Å²) in [5.74, 6) is 0.991. The van der Waals surface area contributed by atoms with Crippen LogP contribution in [0.15, 0.2) is 73.1 Å². The molecule has 0 unspecified atom stereocenters. The second-order valence-corrected chi connectivity index (χ2v) is 6.48. The van der Waals surface area contributed by atoms with Crippen molar-refractivity contribution >= 4 is 0 Å². The van der Waals surface area contributed by atoms with Crippen LogP contribution in [-0.4, -0.2) is 4.57 Å². The molecule has 134 valence electrons. The van der Waals surface area contributed by atoms with Crippen LogP contribution in [0.25, 0.3) is 0 Å². The Morgan fingerprint density at radius 2 is 1.68 bits per heavy atom. The van der Waals surface area contributed by atoms with Gasteiger partial charge in [-0.2, -0.15) is 30.3 Å². The minimum atomic E-state index is 0. The van der Waals surface area contributed by atoms with Crippen molar-refractivity contribution in [2.24, 2.45) is 0 Å². The van der Waals surface area contributed by atoms with E-state index in [-0.39, 0.29) is 17.1 Å². The fourth-order valence-electron chi connectivity index (χ4n) is 3.26. The van der Waals surface area contributed by atoms with E-state index in [2.05, 4.69) is 47.3 Å². The van der Waals surface area contributed by atoms with Crippen molar-refractivity contribution < 1.29 is 21.8 Å². The monoisotopic (exact) mass is 377 g/mol. The summed E-state index contributed by atoms with van der Waals surface area (Å²) < 4.78 is 8.19. The summed E-state index contributed by atoms with van der Waals surface area (Å²) in [6.45, 7) is 0.668. The summed E-state index contributed by atoms with van der Waals surface area (Å²) in [5, 5.41) is 0. The first kappa shape index (κ1) is 19.6. The summed E-state index contributed by atoms with van der Waals surface area (Å²) in [6, 6.07) is 21.1. The average Bonchev–Trinajstić information content (AvgIpc) is 3.35. The zero-order valence-corrected chi connectivity index (χ0v) is 15.8. The summed E-state index contributed by atoms with van der Waals surface area (Å²) in [4.78, 5) is 0. The molecule has 0 saturated heterocycles. The molecule has 1 aliphatic rings. The van der Waals surface area contributed by atoms with Crippen LogP contribution >= 0.6 is 0 Å². The maximum Gasteiger partial charge on any atom is 2.00 e. The van der Waals surface area contributed by atoms with Gasteiger partial charge in [0.2, 0.25) is 0 Å². The molecule has 3 heteroatoms. The summed E-state index contributed by atoms with van der Waals surface area (Å²) in [7, 11) is 0. The minimum Gasteiger partial charge on any atom is -0.499 e. The van der Waals surface area contributed by atoms with Crippen molar-refractivity contribution in [3.8, 4) is 5.75 Å². The third-order valence-electron chi connectivity index (χ3n) is 4.63. The van der Waals surface area contributed by atoms with Gasteiger partial charge >= 0.3 is 17.1 Å². The number of ether oxygens (including phenoxy) is 1. The van der Waals surface area contributed by atoms with Crippen LogP contribution in [-0.2, 0) is 23.7 Å². The first-order chi connectivity index (χ1) is 11.9. The molecular weight excluding hydrogens is 350 g/mol. The zero-order chi connectivity index (χ0) is 16.5. The SMILES string of the molecule is [Fe+2].c1cc[c-](COc2ccn(C3CCCCCC3)c2)c1.c1cc[cH-]c1. The molecule has 2 aromatic carbocycles. The molecule has 3 aromatic rings. The smallest absolute Gasteiger partial charge is 0.499 e. The van der Waals surface area contributed by atoms with Crippen molar-refractivity contribution in [2.45, 2.75) is 51.2 Å². The van der Waals surface area contributed by atoms with E-state index in [1.807, 2.05) is 30.3 Å². The average molecular weight is 377 g/mol. The Balaban J connectivity index is 0.000000325. The van der Waals surface area contributed by atoms with Crippen LogP contribution < -0.4 is 4.74 Å². The number of aromatic nitrogens is 1. The minimum absolute atomic E-state index is 0. The van der Waals surface area contributed by atoms with E-state index in [1.54, 1.807) is 0 Å². The molecule has 4 rings (SSSR count). The summed E-state index contributed by atoms with van der Waals surface area (Å²) in [5.41, 5.74) is 1.24. The standard InChI is InChI=1S/C17H22NO.C5H5.Fe/c1-2-4-10-16(9-3-1)18-12-11-17(13-18)19-14-15-7-5-6-8-15;1-2-4-5-3-1;/h5-8,11-13,16H,1-4,9-10,14H2;1-5H;/q2*-1;+2. The molecular formula is C22H27FeNO. The molecule has 0 bridgehead atoms. The Bertz CT molecular complexity index is 629. The van der Waals surface area contributed by atoms with Crippen molar-refractivity contribution in [1.29, 1.82) is 0 Å². The molecule has 0 aliphatic heterocycles. The van der Waals surface area contributed by atoms with Crippen LogP contribution in [0.2, 0.25) is 0 Å². The first-order valence-electron chi connectivity index (χ1n) is 9.09. The Kier molecular flexibility index (Phi) is 8.65. The van der Waals surface area contributed by atoms with Crippen LogP contribution in [0, 0.1) is 0 Å². The second-order valence-electron chi connectivity index (χ2n) is 6.48. The molecule has 0 radical (unpaired) electrons. The predicted octanol–water partition coefficient (Wildman–Crippen LogP) is 6.08. The van der Waals surface area contributed by atoms with Gasteiger partial charge in [-0.1, -0.05) is 25.7 Å². The summed E-state index contributed by atoms with van der Waals surface area (Å²) >= 11 is 0. The van der Waals surface area contributed by atoms with E-state index in [1.165, 1.54) is 44.1 Å². The molecule has 0 N–H and O–H groups in total. The predicted molar refractivity (Wildman–Crippen MR) is 99.6 cm³/mol. The van der Waals surface area contributed by atoms with E-state index < -0.39 is 0 Å². The van der Waals surface area contributed by atoms with E-state index >= 15 is 0 Å². The van der Waals surface area contributed by atoms with Gasteiger partial charge in [-0.15, -0.1) is 5.56 Å². The molecule has 1 fully saturated rings. The molecule has 0 amide bonds. The third kappa shape index (κ3) is 6.60. The van der Waals surface area contributed by atoms with Gasteiger partial charge in [0.15, 0.2) is 0 Å². The van der Waals surface area contributed by atoms with E-state index in [0.29, 0.717) is 12.6 Å². The molecule has 1 aromatic heterocycles. The fraction of sp³-hybridized carbons (Fsp3) is 0.364. The molecule has 2 nitrogen and oxygen atoms in total. The number of hydrogen-bond acceptors (Lipinski definition) is 1. The Hall–Kier alpha value is -1.70. The summed E-state index contributed by atoms with van der Waals surface area (Å²) in [6.07, 6.45) is 12.5. The van der Waals surface area contributed by atoms with E-state index in [0.717, 1.165) is 5.75 Å². The van der Waals surface area contributed by atoms with Crippen molar-refractivity contribution in [2.75, 3.05) is 0 Å². The quantitative estimate of drug-likeness (QED) is 0.305. The van der Waals surface area contributed by atoms with E-state index in [4.69, 9.17) is 4.74 Å². The Morgan fingerprint density at radius 1 is 1.00 bits per heavy atom. The number of hydrogen-bond donors (Lipinski definition) is 0. The molecule has 25 heavy (non-hydrogen) atoms. The number of nitrogens with zero attached hydrogens (tertiary/aromatic N) is 1. The molecule has 0 atom stereocenters. The maximum absolute atomic E-state index is 5.83. The van der Waals surface area contributed by atoms with Gasteiger partial charge in [0, 0.05) is 18.4 Å². The first-order valence-corrected chi connectivity index (χ1v) is 9.09. The third-order valence-corrected chi connectivity index (χ3v) is 4.63. The molecule has 1 heterocycles. The van der Waals surface area contributed by atoms with Gasteiger partial charge in [-0.25, -0.2) is 24.3 Å². The van der Waals surface area contributed by atoms with Crippen LogP contribution in [0.4, 0.5) is 0 Å². The fourth-order valence-corrected chi connectivity index (χ4v) is 3.26. The molecule has 0 spiro atoms. The maximum atomic E-state index is 5.83. The van der Waals surface area contributed by atoms with Gasteiger partial charge in [-0.3, -0.25) is 0 Å². The van der Waals surface area contributed by atoms with Crippen LogP contribution in [0.5, 0.6) is 5.75 Å². The van der Waals surface area contributed by atoms with Gasteiger partial charge in [0.1, 0.15) is 5.75 Å². The zero-order valence-electron chi connectivity index (χ0n) is 14.7.